The summed E-state index contributed by atoms with van der Waals surface area (Å²) >= 11 is 0. The SMILES string of the molecule is O=C(NCC1(c2ccccc2)CC1)[C@@H]1CC=CCC1. The van der Waals surface area contributed by atoms with E-state index in [0.717, 1.165) is 25.8 Å². The third-order valence-electron chi connectivity index (χ3n) is 4.48. The number of amides is 1. The fraction of sp³-hybridized carbons (Fsp3) is 0.471. The molecular formula is C17H21NO. The molecule has 1 saturated carbocycles. The number of carbonyl (C=O) groups excluding carboxylic acids is 1. The van der Waals surface area contributed by atoms with Crippen molar-refractivity contribution in [3.05, 3.63) is 48.0 Å². The van der Waals surface area contributed by atoms with Crippen LogP contribution < -0.4 is 5.32 Å². The number of hydrogen-bond donors (Lipinski definition) is 1. The second-order valence-electron chi connectivity index (χ2n) is 5.85. The average Bonchev–Trinajstić information content (AvgIpc) is 3.28. The lowest BCUT2D eigenvalue weighted by molar-refractivity contribution is -0.125. The molecule has 0 bridgehead atoms. The van der Waals surface area contributed by atoms with Crippen molar-refractivity contribution < 1.29 is 4.79 Å². The van der Waals surface area contributed by atoms with E-state index in [-0.39, 0.29) is 17.2 Å². The zero-order valence-electron chi connectivity index (χ0n) is 11.3. The van der Waals surface area contributed by atoms with E-state index in [1.807, 2.05) is 6.07 Å². The Morgan fingerprint density at radius 3 is 2.63 bits per heavy atom. The van der Waals surface area contributed by atoms with Crippen molar-refractivity contribution in [2.45, 2.75) is 37.5 Å². The fourth-order valence-electron chi connectivity index (χ4n) is 2.94. The minimum atomic E-state index is 0.191. The van der Waals surface area contributed by atoms with E-state index in [0.29, 0.717) is 0 Å². The van der Waals surface area contributed by atoms with Crippen LogP contribution in [0.3, 0.4) is 0 Å². The number of rotatable bonds is 4. The van der Waals surface area contributed by atoms with Crippen molar-refractivity contribution in [1.29, 1.82) is 0 Å². The van der Waals surface area contributed by atoms with Crippen molar-refractivity contribution in [3.8, 4) is 0 Å². The Hall–Kier alpha value is -1.57. The summed E-state index contributed by atoms with van der Waals surface area (Å²) in [6.45, 7) is 0.802. The van der Waals surface area contributed by atoms with Gasteiger partial charge in [-0.3, -0.25) is 4.79 Å². The summed E-state index contributed by atoms with van der Waals surface area (Å²) in [5.74, 6) is 0.433. The van der Waals surface area contributed by atoms with E-state index in [9.17, 15) is 4.79 Å². The molecule has 3 rings (SSSR count). The molecule has 0 saturated heterocycles. The van der Waals surface area contributed by atoms with Crippen molar-refractivity contribution in [3.63, 3.8) is 0 Å². The lowest BCUT2D eigenvalue weighted by Crippen LogP contribution is -2.36. The monoisotopic (exact) mass is 255 g/mol. The van der Waals surface area contributed by atoms with Crippen molar-refractivity contribution in [1.82, 2.24) is 5.32 Å². The van der Waals surface area contributed by atoms with Crippen LogP contribution in [0, 0.1) is 5.92 Å². The van der Waals surface area contributed by atoms with Crippen LogP contribution in [0.4, 0.5) is 0 Å². The Morgan fingerprint density at radius 1 is 1.21 bits per heavy atom. The second kappa shape index (κ2) is 5.20. The van der Waals surface area contributed by atoms with Gasteiger partial charge in [-0.2, -0.15) is 0 Å². The zero-order chi connectivity index (χ0) is 13.1. The number of benzene rings is 1. The van der Waals surface area contributed by atoms with Crippen LogP contribution in [0.2, 0.25) is 0 Å². The van der Waals surface area contributed by atoms with Crippen LogP contribution in [0.25, 0.3) is 0 Å². The van der Waals surface area contributed by atoms with E-state index in [2.05, 4.69) is 41.7 Å². The minimum absolute atomic E-state index is 0.191. The standard InChI is InChI=1S/C17H21NO/c19-16(14-7-3-1-4-8-14)18-13-17(11-12-17)15-9-5-2-6-10-15/h1-3,5-6,9-10,14H,4,7-8,11-13H2,(H,18,19)/t14-/m1/s1. The van der Waals surface area contributed by atoms with Crippen LogP contribution in [0.15, 0.2) is 42.5 Å². The molecule has 0 radical (unpaired) electrons. The predicted octanol–water partition coefficient (Wildman–Crippen LogP) is 3.19. The first-order chi connectivity index (χ1) is 9.30. The summed E-state index contributed by atoms with van der Waals surface area (Å²) < 4.78 is 0. The van der Waals surface area contributed by atoms with Gasteiger partial charge in [-0.15, -0.1) is 0 Å². The zero-order valence-corrected chi connectivity index (χ0v) is 11.3. The topological polar surface area (TPSA) is 29.1 Å². The Labute approximate surface area is 114 Å². The van der Waals surface area contributed by atoms with Crippen molar-refractivity contribution in [2.75, 3.05) is 6.54 Å². The maximum Gasteiger partial charge on any atom is 0.223 e. The van der Waals surface area contributed by atoms with Gasteiger partial charge in [-0.1, -0.05) is 42.5 Å². The first-order valence-corrected chi connectivity index (χ1v) is 7.28. The minimum Gasteiger partial charge on any atom is -0.355 e. The molecule has 100 valence electrons. The second-order valence-corrected chi connectivity index (χ2v) is 5.85. The largest absolute Gasteiger partial charge is 0.355 e. The van der Waals surface area contributed by atoms with Crippen LogP contribution >= 0.6 is 0 Å². The third-order valence-corrected chi connectivity index (χ3v) is 4.48. The van der Waals surface area contributed by atoms with E-state index < -0.39 is 0 Å². The highest BCUT2D eigenvalue weighted by molar-refractivity contribution is 5.79. The number of nitrogens with one attached hydrogen (secondary N) is 1. The quantitative estimate of drug-likeness (QED) is 0.823. The van der Waals surface area contributed by atoms with E-state index in [1.165, 1.54) is 18.4 Å². The van der Waals surface area contributed by atoms with Gasteiger partial charge in [0.25, 0.3) is 0 Å². The van der Waals surface area contributed by atoms with Crippen LogP contribution in [0.1, 0.15) is 37.7 Å². The van der Waals surface area contributed by atoms with Gasteiger partial charge in [0.05, 0.1) is 0 Å². The Bertz CT molecular complexity index is 473. The van der Waals surface area contributed by atoms with Gasteiger partial charge in [0.1, 0.15) is 0 Å². The van der Waals surface area contributed by atoms with E-state index in [1.54, 1.807) is 0 Å². The summed E-state index contributed by atoms with van der Waals surface area (Å²) in [7, 11) is 0. The van der Waals surface area contributed by atoms with Crippen molar-refractivity contribution >= 4 is 5.91 Å². The lowest BCUT2D eigenvalue weighted by atomic mass is 9.92. The van der Waals surface area contributed by atoms with Gasteiger partial charge in [0.15, 0.2) is 0 Å². The molecule has 1 N–H and O–H groups in total. The van der Waals surface area contributed by atoms with E-state index >= 15 is 0 Å². The number of hydrogen-bond acceptors (Lipinski definition) is 1. The van der Waals surface area contributed by atoms with Gasteiger partial charge >= 0.3 is 0 Å². The van der Waals surface area contributed by atoms with Crippen LogP contribution in [-0.2, 0) is 10.2 Å². The van der Waals surface area contributed by atoms with Gasteiger partial charge in [0.2, 0.25) is 5.91 Å². The molecule has 1 fully saturated rings. The molecular weight excluding hydrogens is 234 g/mol. The molecule has 2 heteroatoms. The molecule has 2 aliphatic carbocycles. The molecule has 2 aliphatic rings. The third kappa shape index (κ3) is 2.73. The fourth-order valence-corrected chi connectivity index (χ4v) is 2.94. The highest BCUT2D eigenvalue weighted by Gasteiger charge is 2.44. The first kappa shape index (κ1) is 12.5. The summed E-state index contributed by atoms with van der Waals surface area (Å²) in [5, 5.41) is 3.18. The summed E-state index contributed by atoms with van der Waals surface area (Å²) in [6.07, 6.45) is 9.66. The lowest BCUT2D eigenvalue weighted by Gasteiger charge is -2.21. The van der Waals surface area contributed by atoms with Crippen LogP contribution in [-0.4, -0.2) is 12.5 Å². The van der Waals surface area contributed by atoms with Gasteiger partial charge in [-0.05, 0) is 37.7 Å². The molecule has 1 atom stereocenters. The normalized spacial score (nSPS) is 23.9. The molecule has 1 aromatic rings. The highest BCUT2D eigenvalue weighted by atomic mass is 16.1. The maximum atomic E-state index is 12.2. The summed E-state index contributed by atoms with van der Waals surface area (Å²) in [6, 6.07) is 10.6. The number of allylic oxidation sites excluding steroid dienone is 2. The molecule has 19 heavy (non-hydrogen) atoms. The number of carbonyl (C=O) groups is 1. The Kier molecular flexibility index (Phi) is 3.41. The van der Waals surface area contributed by atoms with Gasteiger partial charge in [-0.25, -0.2) is 0 Å². The maximum absolute atomic E-state index is 12.2. The molecule has 0 unspecified atom stereocenters. The molecule has 0 aliphatic heterocycles. The smallest absolute Gasteiger partial charge is 0.223 e. The molecule has 0 heterocycles. The molecule has 1 aromatic carbocycles. The summed E-state index contributed by atoms with van der Waals surface area (Å²) in [4.78, 5) is 12.2. The first-order valence-electron chi connectivity index (χ1n) is 7.28. The summed E-state index contributed by atoms with van der Waals surface area (Å²) in [5.41, 5.74) is 1.60. The van der Waals surface area contributed by atoms with Gasteiger partial charge < -0.3 is 5.32 Å². The predicted molar refractivity (Wildman–Crippen MR) is 76.8 cm³/mol. The highest BCUT2D eigenvalue weighted by Crippen LogP contribution is 2.47. The Morgan fingerprint density at radius 2 is 2.00 bits per heavy atom. The Balaban J connectivity index is 1.57. The molecule has 1 amide bonds. The van der Waals surface area contributed by atoms with Gasteiger partial charge in [0, 0.05) is 17.9 Å². The average molecular weight is 255 g/mol. The van der Waals surface area contributed by atoms with Crippen molar-refractivity contribution in [2.24, 2.45) is 5.92 Å². The van der Waals surface area contributed by atoms with Crippen LogP contribution in [0.5, 0.6) is 0 Å². The molecule has 2 nitrogen and oxygen atoms in total. The van der Waals surface area contributed by atoms with E-state index in [4.69, 9.17) is 0 Å². The molecule has 0 aromatic heterocycles. The molecule has 0 spiro atoms.